The van der Waals surface area contributed by atoms with E-state index < -0.39 is 0 Å². The number of aryl methyl sites for hydroxylation is 3. The summed E-state index contributed by atoms with van der Waals surface area (Å²) in [6.07, 6.45) is 5.78. The van der Waals surface area contributed by atoms with Gasteiger partial charge < -0.3 is 0 Å². The number of nitrogens with zero attached hydrogens (tertiary/aromatic N) is 1. The van der Waals surface area contributed by atoms with Gasteiger partial charge in [0.25, 0.3) is 0 Å². The molecule has 1 heterocycles. The third kappa shape index (κ3) is 2.05. The summed E-state index contributed by atoms with van der Waals surface area (Å²) >= 11 is 0. The van der Waals surface area contributed by atoms with Gasteiger partial charge in [-0.25, -0.2) is 0 Å². The predicted molar refractivity (Wildman–Crippen MR) is 75.0 cm³/mol. The molecule has 0 saturated heterocycles. The second-order valence-corrected chi connectivity index (χ2v) is 5.36. The Bertz CT molecular complexity index is 554. The molecule has 1 atom stereocenters. The number of hydrogen-bond donors (Lipinski definition) is 0. The molecular weight excluding hydrogens is 218 g/mol. The van der Waals surface area contributed by atoms with Crippen molar-refractivity contribution in [2.24, 2.45) is 0 Å². The molecule has 0 spiro atoms. The molecule has 0 saturated carbocycles. The van der Waals surface area contributed by atoms with Crippen LogP contribution in [-0.4, -0.2) is 4.98 Å². The van der Waals surface area contributed by atoms with Crippen LogP contribution in [0.15, 0.2) is 36.5 Å². The number of aromatic nitrogens is 1. The Labute approximate surface area is 109 Å². The van der Waals surface area contributed by atoms with Crippen molar-refractivity contribution in [2.75, 3.05) is 0 Å². The van der Waals surface area contributed by atoms with E-state index in [0.29, 0.717) is 5.92 Å². The van der Waals surface area contributed by atoms with Gasteiger partial charge in [-0.05, 0) is 54.5 Å². The summed E-state index contributed by atoms with van der Waals surface area (Å²) in [7, 11) is 0. The summed E-state index contributed by atoms with van der Waals surface area (Å²) in [5.41, 5.74) is 6.87. The van der Waals surface area contributed by atoms with Crippen molar-refractivity contribution < 1.29 is 0 Å². The third-order valence-corrected chi connectivity index (χ3v) is 4.00. The van der Waals surface area contributed by atoms with Gasteiger partial charge >= 0.3 is 0 Å². The van der Waals surface area contributed by atoms with Gasteiger partial charge in [-0.15, -0.1) is 0 Å². The molecule has 1 aromatic carbocycles. The van der Waals surface area contributed by atoms with E-state index in [0.717, 1.165) is 0 Å². The average Bonchev–Trinajstić information content (AvgIpc) is 2.86. The van der Waals surface area contributed by atoms with Gasteiger partial charge in [-0.1, -0.05) is 31.2 Å². The smallest absolute Gasteiger partial charge is 0.0475 e. The van der Waals surface area contributed by atoms with Gasteiger partial charge in [-0.3, -0.25) is 4.98 Å². The van der Waals surface area contributed by atoms with E-state index in [1.54, 1.807) is 11.1 Å². The van der Waals surface area contributed by atoms with E-state index in [1.165, 1.54) is 36.1 Å². The van der Waals surface area contributed by atoms with Crippen LogP contribution in [0, 0.1) is 6.92 Å². The fourth-order valence-corrected chi connectivity index (χ4v) is 2.77. The fraction of sp³-hybridized carbons (Fsp3) is 0.353. The van der Waals surface area contributed by atoms with Crippen molar-refractivity contribution in [2.45, 2.75) is 39.0 Å². The first kappa shape index (κ1) is 11.5. The van der Waals surface area contributed by atoms with Crippen LogP contribution >= 0.6 is 0 Å². The number of hydrogen-bond acceptors (Lipinski definition) is 1. The molecule has 0 N–H and O–H groups in total. The second kappa shape index (κ2) is 4.56. The Kier molecular flexibility index (Phi) is 2.91. The highest BCUT2D eigenvalue weighted by Gasteiger charge is 2.15. The lowest BCUT2D eigenvalue weighted by Crippen LogP contribution is -2.00. The van der Waals surface area contributed by atoms with Crippen LogP contribution in [0.25, 0.3) is 0 Å². The Balaban J connectivity index is 1.92. The largest absolute Gasteiger partial charge is 0.260 e. The molecule has 0 aliphatic heterocycles. The molecular formula is C17H19N. The average molecular weight is 237 g/mol. The maximum absolute atomic E-state index is 4.55. The zero-order valence-electron chi connectivity index (χ0n) is 11.1. The number of pyridine rings is 1. The standard InChI is InChI=1S/C17H19N/c1-12-6-9-17(18-11-12)13(2)15-8-7-14-4-3-5-16(14)10-15/h6-11,13H,3-5H2,1-2H3. The first-order chi connectivity index (χ1) is 8.74. The summed E-state index contributed by atoms with van der Waals surface area (Å²) in [4.78, 5) is 4.55. The lowest BCUT2D eigenvalue weighted by atomic mass is 9.94. The first-order valence-electron chi connectivity index (χ1n) is 6.78. The second-order valence-electron chi connectivity index (χ2n) is 5.36. The van der Waals surface area contributed by atoms with Gasteiger partial charge in [0.05, 0.1) is 0 Å². The molecule has 1 aromatic heterocycles. The topological polar surface area (TPSA) is 12.9 Å². The van der Waals surface area contributed by atoms with E-state index in [1.807, 2.05) is 6.20 Å². The van der Waals surface area contributed by atoms with Crippen molar-refractivity contribution >= 4 is 0 Å². The first-order valence-corrected chi connectivity index (χ1v) is 6.78. The highest BCUT2D eigenvalue weighted by molar-refractivity contribution is 5.39. The lowest BCUT2D eigenvalue weighted by molar-refractivity contribution is 0.865. The Morgan fingerprint density at radius 1 is 1.06 bits per heavy atom. The highest BCUT2D eigenvalue weighted by atomic mass is 14.7. The summed E-state index contributed by atoms with van der Waals surface area (Å²) in [5.74, 6) is 0.386. The van der Waals surface area contributed by atoms with Crippen LogP contribution in [0.1, 0.15) is 47.2 Å². The van der Waals surface area contributed by atoms with E-state index in [-0.39, 0.29) is 0 Å². The van der Waals surface area contributed by atoms with Crippen LogP contribution in [-0.2, 0) is 12.8 Å². The van der Waals surface area contributed by atoms with Gasteiger partial charge in [0, 0.05) is 17.8 Å². The van der Waals surface area contributed by atoms with E-state index >= 15 is 0 Å². The van der Waals surface area contributed by atoms with E-state index in [4.69, 9.17) is 0 Å². The van der Waals surface area contributed by atoms with Crippen molar-refractivity contribution in [3.8, 4) is 0 Å². The lowest BCUT2D eigenvalue weighted by Gasteiger charge is -2.13. The number of fused-ring (bicyclic) bond motifs is 1. The molecule has 3 rings (SSSR count). The normalized spacial score (nSPS) is 15.4. The number of benzene rings is 1. The van der Waals surface area contributed by atoms with Crippen molar-refractivity contribution in [1.82, 2.24) is 4.98 Å². The minimum atomic E-state index is 0.386. The minimum Gasteiger partial charge on any atom is -0.260 e. The number of rotatable bonds is 2. The maximum Gasteiger partial charge on any atom is 0.0475 e. The van der Waals surface area contributed by atoms with E-state index in [2.05, 4.69) is 49.2 Å². The predicted octanol–water partition coefficient (Wildman–Crippen LogP) is 4.03. The van der Waals surface area contributed by atoms with Gasteiger partial charge in [0.15, 0.2) is 0 Å². The van der Waals surface area contributed by atoms with Crippen molar-refractivity contribution in [3.05, 3.63) is 64.5 Å². The zero-order chi connectivity index (χ0) is 12.5. The fourth-order valence-electron chi connectivity index (χ4n) is 2.77. The van der Waals surface area contributed by atoms with Crippen LogP contribution in [0.5, 0.6) is 0 Å². The van der Waals surface area contributed by atoms with E-state index in [9.17, 15) is 0 Å². The van der Waals surface area contributed by atoms with Crippen LogP contribution in [0.3, 0.4) is 0 Å². The Morgan fingerprint density at radius 2 is 1.89 bits per heavy atom. The molecule has 18 heavy (non-hydrogen) atoms. The van der Waals surface area contributed by atoms with Crippen LogP contribution < -0.4 is 0 Å². The summed E-state index contributed by atoms with van der Waals surface area (Å²) in [6, 6.07) is 11.3. The summed E-state index contributed by atoms with van der Waals surface area (Å²) in [6.45, 7) is 4.32. The quantitative estimate of drug-likeness (QED) is 0.768. The minimum absolute atomic E-state index is 0.386. The van der Waals surface area contributed by atoms with Gasteiger partial charge in [0.2, 0.25) is 0 Å². The highest BCUT2D eigenvalue weighted by Crippen LogP contribution is 2.28. The summed E-state index contributed by atoms with van der Waals surface area (Å²) < 4.78 is 0. The monoisotopic (exact) mass is 237 g/mol. The zero-order valence-corrected chi connectivity index (χ0v) is 11.1. The molecule has 0 amide bonds. The molecule has 0 fully saturated rings. The van der Waals surface area contributed by atoms with Crippen molar-refractivity contribution in [3.63, 3.8) is 0 Å². The molecule has 92 valence electrons. The van der Waals surface area contributed by atoms with Crippen molar-refractivity contribution in [1.29, 1.82) is 0 Å². The molecule has 1 aliphatic carbocycles. The Morgan fingerprint density at radius 3 is 2.67 bits per heavy atom. The molecule has 2 aromatic rings. The molecule has 1 nitrogen and oxygen atoms in total. The van der Waals surface area contributed by atoms with Gasteiger partial charge in [0.1, 0.15) is 0 Å². The summed E-state index contributed by atoms with van der Waals surface area (Å²) in [5, 5.41) is 0. The third-order valence-electron chi connectivity index (χ3n) is 4.00. The molecule has 1 unspecified atom stereocenters. The molecule has 0 bridgehead atoms. The van der Waals surface area contributed by atoms with Crippen LogP contribution in [0.4, 0.5) is 0 Å². The Hall–Kier alpha value is -1.63. The molecule has 1 heteroatoms. The van der Waals surface area contributed by atoms with Gasteiger partial charge in [-0.2, -0.15) is 0 Å². The maximum atomic E-state index is 4.55. The van der Waals surface area contributed by atoms with Crippen LogP contribution in [0.2, 0.25) is 0 Å². The molecule has 0 radical (unpaired) electrons. The SMILES string of the molecule is Cc1ccc(C(C)c2ccc3c(c2)CCC3)nc1. The molecule has 1 aliphatic rings.